The lowest BCUT2D eigenvalue weighted by Gasteiger charge is -2.15. The molecule has 0 aliphatic rings. The molecule has 0 amide bonds. The monoisotopic (exact) mass is 351 g/mol. The Morgan fingerprint density at radius 2 is 2.09 bits per heavy atom. The molecule has 1 aromatic carbocycles. The second-order valence-electron chi connectivity index (χ2n) is 6.07. The number of carbonyl (C=O) groups is 1. The van der Waals surface area contributed by atoms with E-state index in [1.807, 2.05) is 38.1 Å². The lowest BCUT2D eigenvalue weighted by atomic mass is 9.97. The van der Waals surface area contributed by atoms with Gasteiger partial charge in [-0.25, -0.2) is 0 Å². The first kappa shape index (κ1) is 18.0. The molecule has 0 saturated heterocycles. The zero-order valence-electron chi connectivity index (χ0n) is 13.4. The predicted molar refractivity (Wildman–Crippen MR) is 97.1 cm³/mol. The Bertz CT molecular complexity index is 654. The summed E-state index contributed by atoms with van der Waals surface area (Å²) in [6, 6.07) is 12.0. The van der Waals surface area contributed by atoms with Crippen molar-refractivity contribution < 1.29 is 9.90 Å². The molecule has 2 aromatic rings. The molecule has 23 heavy (non-hydrogen) atoms. The van der Waals surface area contributed by atoms with E-state index in [-0.39, 0.29) is 5.92 Å². The minimum atomic E-state index is -0.725. The fourth-order valence-corrected chi connectivity index (χ4v) is 3.64. The Kier molecular flexibility index (Phi) is 6.63. The van der Waals surface area contributed by atoms with Gasteiger partial charge in [0.25, 0.3) is 0 Å². The molecular formula is C18H22ClNO2S. The third-order valence-corrected chi connectivity index (χ3v) is 4.94. The van der Waals surface area contributed by atoms with E-state index >= 15 is 0 Å². The summed E-state index contributed by atoms with van der Waals surface area (Å²) < 4.78 is 0. The summed E-state index contributed by atoms with van der Waals surface area (Å²) in [4.78, 5) is 13.6. The minimum absolute atomic E-state index is 0.331. The van der Waals surface area contributed by atoms with E-state index in [2.05, 4.69) is 17.4 Å². The van der Waals surface area contributed by atoms with Gasteiger partial charge >= 0.3 is 5.97 Å². The highest BCUT2D eigenvalue weighted by Gasteiger charge is 2.18. The number of hydrogen-bond donors (Lipinski definition) is 2. The fourth-order valence-electron chi connectivity index (χ4n) is 2.48. The van der Waals surface area contributed by atoms with Crippen LogP contribution in [0.3, 0.4) is 0 Å². The first-order valence-corrected chi connectivity index (χ1v) is 8.93. The van der Waals surface area contributed by atoms with Gasteiger partial charge in [-0.2, -0.15) is 0 Å². The maximum Gasteiger partial charge on any atom is 0.307 e. The molecule has 2 N–H and O–H groups in total. The van der Waals surface area contributed by atoms with Gasteiger partial charge < -0.3 is 10.4 Å². The molecule has 1 unspecified atom stereocenters. The van der Waals surface area contributed by atoms with Crippen molar-refractivity contribution in [1.29, 1.82) is 0 Å². The molecule has 2 rings (SSSR count). The van der Waals surface area contributed by atoms with Crippen molar-refractivity contribution in [2.75, 3.05) is 6.54 Å². The van der Waals surface area contributed by atoms with Gasteiger partial charge in [-0.3, -0.25) is 4.79 Å². The van der Waals surface area contributed by atoms with Crippen LogP contribution >= 0.6 is 22.9 Å². The van der Waals surface area contributed by atoms with E-state index in [9.17, 15) is 9.90 Å². The van der Waals surface area contributed by atoms with Crippen LogP contribution < -0.4 is 5.32 Å². The molecule has 0 saturated carbocycles. The van der Waals surface area contributed by atoms with Crippen LogP contribution in [0.15, 0.2) is 36.4 Å². The van der Waals surface area contributed by atoms with E-state index in [1.54, 1.807) is 11.3 Å². The van der Waals surface area contributed by atoms with Gasteiger partial charge in [-0.05, 0) is 42.2 Å². The molecule has 1 heterocycles. The SMILES string of the molecule is CC(C)CC(CNCc1ccc(-c2cccc(Cl)c2)s1)C(=O)O. The van der Waals surface area contributed by atoms with E-state index in [4.69, 9.17) is 11.6 Å². The van der Waals surface area contributed by atoms with Crippen LogP contribution in [-0.2, 0) is 11.3 Å². The summed E-state index contributed by atoms with van der Waals surface area (Å²) in [5.74, 6) is -0.673. The van der Waals surface area contributed by atoms with Gasteiger partial charge in [0.2, 0.25) is 0 Å². The highest BCUT2D eigenvalue weighted by Crippen LogP contribution is 2.29. The topological polar surface area (TPSA) is 49.3 Å². The molecule has 0 spiro atoms. The first-order chi connectivity index (χ1) is 11.0. The van der Waals surface area contributed by atoms with E-state index in [0.29, 0.717) is 25.4 Å². The maximum absolute atomic E-state index is 11.2. The van der Waals surface area contributed by atoms with Gasteiger partial charge in [0.15, 0.2) is 0 Å². The Balaban J connectivity index is 1.91. The largest absolute Gasteiger partial charge is 0.481 e. The zero-order chi connectivity index (χ0) is 16.8. The Hall–Kier alpha value is -1.36. The number of aliphatic carboxylic acids is 1. The first-order valence-electron chi connectivity index (χ1n) is 7.74. The second-order valence-corrected chi connectivity index (χ2v) is 7.68. The van der Waals surface area contributed by atoms with Gasteiger partial charge in [0, 0.05) is 27.9 Å². The zero-order valence-corrected chi connectivity index (χ0v) is 15.0. The van der Waals surface area contributed by atoms with Crippen LogP contribution in [0.1, 0.15) is 25.1 Å². The number of thiophene rings is 1. The van der Waals surface area contributed by atoms with Gasteiger partial charge in [-0.15, -0.1) is 11.3 Å². The smallest absolute Gasteiger partial charge is 0.307 e. The van der Waals surface area contributed by atoms with E-state index in [0.717, 1.165) is 10.6 Å². The molecule has 1 aromatic heterocycles. The Morgan fingerprint density at radius 1 is 1.30 bits per heavy atom. The van der Waals surface area contributed by atoms with Crippen LogP contribution in [0.2, 0.25) is 5.02 Å². The van der Waals surface area contributed by atoms with Crippen molar-refractivity contribution >= 4 is 28.9 Å². The Morgan fingerprint density at radius 3 is 2.74 bits per heavy atom. The highest BCUT2D eigenvalue weighted by atomic mass is 35.5. The summed E-state index contributed by atoms with van der Waals surface area (Å²) >= 11 is 7.73. The molecule has 0 fully saturated rings. The lowest BCUT2D eigenvalue weighted by molar-refractivity contribution is -0.142. The normalized spacial score (nSPS) is 12.5. The summed E-state index contributed by atoms with van der Waals surface area (Å²) in [5.41, 5.74) is 1.11. The maximum atomic E-state index is 11.2. The van der Waals surface area contributed by atoms with Crippen molar-refractivity contribution in [2.24, 2.45) is 11.8 Å². The lowest BCUT2D eigenvalue weighted by Crippen LogP contribution is -2.29. The number of hydrogen-bond acceptors (Lipinski definition) is 3. The van der Waals surface area contributed by atoms with Crippen LogP contribution in [-0.4, -0.2) is 17.6 Å². The standard InChI is InChI=1S/C18H22ClNO2S/c1-12(2)8-14(18(21)22)10-20-11-16-6-7-17(23-16)13-4-3-5-15(19)9-13/h3-7,9,12,14,20H,8,10-11H2,1-2H3,(H,21,22). The van der Waals surface area contributed by atoms with Crippen molar-refractivity contribution in [1.82, 2.24) is 5.32 Å². The fraction of sp³-hybridized carbons (Fsp3) is 0.389. The quantitative estimate of drug-likeness (QED) is 0.710. The molecule has 124 valence electrons. The summed E-state index contributed by atoms with van der Waals surface area (Å²) in [6.07, 6.45) is 0.695. The molecule has 0 aliphatic heterocycles. The number of carboxylic acids is 1. The minimum Gasteiger partial charge on any atom is -0.481 e. The van der Waals surface area contributed by atoms with Crippen molar-refractivity contribution in [3.8, 4) is 10.4 Å². The third kappa shape index (κ3) is 5.65. The van der Waals surface area contributed by atoms with Crippen LogP contribution in [0.25, 0.3) is 10.4 Å². The van der Waals surface area contributed by atoms with Gasteiger partial charge in [0.05, 0.1) is 5.92 Å². The molecule has 0 bridgehead atoms. The molecule has 3 nitrogen and oxygen atoms in total. The number of carboxylic acid groups (broad SMARTS) is 1. The summed E-state index contributed by atoms with van der Waals surface area (Å²) in [6.45, 7) is 5.28. The van der Waals surface area contributed by atoms with Crippen LogP contribution in [0.4, 0.5) is 0 Å². The number of halogens is 1. The highest BCUT2D eigenvalue weighted by molar-refractivity contribution is 7.15. The van der Waals surface area contributed by atoms with Crippen molar-refractivity contribution in [3.63, 3.8) is 0 Å². The third-order valence-electron chi connectivity index (χ3n) is 3.57. The van der Waals surface area contributed by atoms with Crippen LogP contribution in [0, 0.1) is 11.8 Å². The summed E-state index contributed by atoms with van der Waals surface area (Å²) in [5, 5.41) is 13.2. The molecular weight excluding hydrogens is 330 g/mol. The average molecular weight is 352 g/mol. The van der Waals surface area contributed by atoms with Crippen molar-refractivity contribution in [3.05, 3.63) is 46.3 Å². The van der Waals surface area contributed by atoms with Gasteiger partial charge in [-0.1, -0.05) is 37.6 Å². The predicted octanol–water partition coefficient (Wildman–Crippen LogP) is 4.91. The molecule has 0 radical (unpaired) electrons. The van der Waals surface area contributed by atoms with Crippen LogP contribution in [0.5, 0.6) is 0 Å². The van der Waals surface area contributed by atoms with E-state index in [1.165, 1.54) is 9.75 Å². The molecule has 0 aliphatic carbocycles. The number of nitrogens with one attached hydrogen (secondary N) is 1. The van der Waals surface area contributed by atoms with Crippen molar-refractivity contribution in [2.45, 2.75) is 26.8 Å². The van der Waals surface area contributed by atoms with Gasteiger partial charge in [0.1, 0.15) is 0 Å². The van der Waals surface area contributed by atoms with E-state index < -0.39 is 5.97 Å². The number of benzene rings is 1. The summed E-state index contributed by atoms with van der Waals surface area (Å²) in [7, 11) is 0. The second kappa shape index (κ2) is 8.48. The molecule has 5 heteroatoms. The number of rotatable bonds is 8. The molecule has 1 atom stereocenters. The average Bonchev–Trinajstić information content (AvgIpc) is 2.94. The Labute approximate surface area is 146 Å².